The second kappa shape index (κ2) is 4.68. The zero-order valence-corrected chi connectivity index (χ0v) is 6.36. The Labute approximate surface area is 66.2 Å². The summed E-state index contributed by atoms with van der Waals surface area (Å²) in [5.74, 6) is -1.00. The number of aliphatic carboxylic acids is 1. The molecule has 0 aliphatic carbocycles. The lowest BCUT2D eigenvalue weighted by atomic mass is 10.0. The van der Waals surface area contributed by atoms with Crippen LogP contribution in [0.3, 0.4) is 0 Å². The third-order valence-electron chi connectivity index (χ3n) is 1.45. The van der Waals surface area contributed by atoms with Crippen molar-refractivity contribution in [2.75, 3.05) is 0 Å². The van der Waals surface area contributed by atoms with E-state index in [1.54, 1.807) is 12.2 Å². The first-order chi connectivity index (χ1) is 5.11. The lowest BCUT2D eigenvalue weighted by Crippen LogP contribution is -2.31. The lowest BCUT2D eigenvalue weighted by molar-refractivity contribution is -0.138. The fourth-order valence-corrected chi connectivity index (χ4v) is 0.683. The summed E-state index contributed by atoms with van der Waals surface area (Å²) in [5, 5.41) is 8.43. The maximum atomic E-state index is 10.3. The van der Waals surface area contributed by atoms with Crippen molar-refractivity contribution >= 4 is 5.97 Å². The summed E-state index contributed by atoms with van der Waals surface area (Å²) in [6.07, 6.45) is 3.63. The Morgan fingerprint density at radius 2 is 2.00 bits per heavy atom. The van der Waals surface area contributed by atoms with Crippen LogP contribution in [-0.2, 0) is 4.79 Å². The van der Waals surface area contributed by atoms with Crippen LogP contribution in [0.15, 0.2) is 25.3 Å². The Hall–Kier alpha value is -1.09. The molecule has 0 rings (SSSR count). The predicted octanol–water partition coefficient (Wildman–Crippen LogP) is 0.777. The lowest BCUT2D eigenvalue weighted by Gasteiger charge is -2.09. The molecule has 3 nitrogen and oxygen atoms in total. The quantitative estimate of drug-likeness (QED) is 0.576. The van der Waals surface area contributed by atoms with E-state index in [1.807, 2.05) is 0 Å². The van der Waals surface area contributed by atoms with Crippen LogP contribution in [0, 0.1) is 5.92 Å². The maximum Gasteiger partial charge on any atom is 0.320 e. The first-order valence-corrected chi connectivity index (χ1v) is 3.35. The zero-order chi connectivity index (χ0) is 8.85. The summed E-state index contributed by atoms with van der Waals surface area (Å²) in [4.78, 5) is 10.3. The van der Waals surface area contributed by atoms with Gasteiger partial charge in [0.05, 0.1) is 0 Å². The standard InChI is InChI=1S/C8H13NO2/c1-3-6(4-2)5-7(9)8(10)11/h3-4,6-7H,1-2,5,9H2,(H,10,11). The number of carboxylic acids is 1. The molecule has 11 heavy (non-hydrogen) atoms. The van der Waals surface area contributed by atoms with E-state index in [0.717, 1.165) is 0 Å². The molecule has 0 saturated carbocycles. The molecular weight excluding hydrogens is 142 g/mol. The SMILES string of the molecule is C=CC(C=C)CC(N)C(=O)O. The van der Waals surface area contributed by atoms with Crippen LogP contribution >= 0.6 is 0 Å². The molecule has 3 heteroatoms. The molecule has 0 amide bonds. The first-order valence-electron chi connectivity index (χ1n) is 3.35. The van der Waals surface area contributed by atoms with Crippen molar-refractivity contribution in [1.82, 2.24) is 0 Å². The van der Waals surface area contributed by atoms with Crippen LogP contribution < -0.4 is 5.73 Å². The number of hydrogen-bond donors (Lipinski definition) is 2. The van der Waals surface area contributed by atoms with E-state index in [9.17, 15) is 4.79 Å². The molecule has 0 spiro atoms. The van der Waals surface area contributed by atoms with Gasteiger partial charge in [-0.25, -0.2) is 0 Å². The minimum Gasteiger partial charge on any atom is -0.480 e. The molecule has 0 aromatic heterocycles. The molecule has 0 aliphatic heterocycles. The van der Waals surface area contributed by atoms with E-state index >= 15 is 0 Å². The number of hydrogen-bond acceptors (Lipinski definition) is 2. The molecule has 62 valence electrons. The van der Waals surface area contributed by atoms with E-state index in [-0.39, 0.29) is 5.92 Å². The Balaban J connectivity index is 3.90. The molecule has 0 saturated heterocycles. The highest BCUT2D eigenvalue weighted by Gasteiger charge is 2.13. The number of nitrogens with two attached hydrogens (primary N) is 1. The van der Waals surface area contributed by atoms with Crippen LogP contribution in [0.1, 0.15) is 6.42 Å². The second-order valence-electron chi connectivity index (χ2n) is 2.32. The summed E-state index contributed by atoms with van der Waals surface area (Å²) < 4.78 is 0. The Kier molecular flexibility index (Phi) is 4.22. The van der Waals surface area contributed by atoms with Gasteiger partial charge in [-0.3, -0.25) is 4.79 Å². The maximum absolute atomic E-state index is 10.3. The monoisotopic (exact) mass is 155 g/mol. The largest absolute Gasteiger partial charge is 0.480 e. The second-order valence-corrected chi connectivity index (χ2v) is 2.32. The minimum absolute atomic E-state index is 0.0129. The fraction of sp³-hybridized carbons (Fsp3) is 0.375. The molecule has 0 aliphatic rings. The van der Waals surface area contributed by atoms with Crippen molar-refractivity contribution in [3.05, 3.63) is 25.3 Å². The molecule has 0 bridgehead atoms. The van der Waals surface area contributed by atoms with Crippen LogP contribution in [-0.4, -0.2) is 17.1 Å². The van der Waals surface area contributed by atoms with Gasteiger partial charge in [-0.1, -0.05) is 12.2 Å². The highest BCUT2D eigenvalue weighted by molar-refractivity contribution is 5.73. The predicted molar refractivity (Wildman–Crippen MR) is 44.1 cm³/mol. The first kappa shape index (κ1) is 9.91. The highest BCUT2D eigenvalue weighted by atomic mass is 16.4. The average molecular weight is 155 g/mol. The summed E-state index contributed by atoms with van der Waals surface area (Å²) in [6.45, 7) is 7.05. The van der Waals surface area contributed by atoms with Crippen LogP contribution in [0.2, 0.25) is 0 Å². The van der Waals surface area contributed by atoms with Gasteiger partial charge in [0.25, 0.3) is 0 Å². The van der Waals surface area contributed by atoms with Crippen molar-refractivity contribution in [2.45, 2.75) is 12.5 Å². The molecule has 0 fully saturated rings. The van der Waals surface area contributed by atoms with E-state index < -0.39 is 12.0 Å². The summed E-state index contributed by atoms with van der Waals surface area (Å²) in [7, 11) is 0. The van der Waals surface area contributed by atoms with Gasteiger partial charge in [0.15, 0.2) is 0 Å². The van der Waals surface area contributed by atoms with Crippen molar-refractivity contribution in [3.63, 3.8) is 0 Å². The molecule has 1 unspecified atom stereocenters. The fourth-order valence-electron chi connectivity index (χ4n) is 0.683. The number of rotatable bonds is 5. The molecule has 0 heterocycles. The third-order valence-corrected chi connectivity index (χ3v) is 1.45. The normalized spacial score (nSPS) is 12.5. The van der Waals surface area contributed by atoms with Gasteiger partial charge in [0, 0.05) is 0 Å². The Morgan fingerprint density at radius 1 is 1.55 bits per heavy atom. The summed E-state index contributed by atoms with van der Waals surface area (Å²) in [5.41, 5.74) is 5.27. The van der Waals surface area contributed by atoms with Gasteiger partial charge < -0.3 is 10.8 Å². The van der Waals surface area contributed by atoms with Crippen molar-refractivity contribution in [3.8, 4) is 0 Å². The summed E-state index contributed by atoms with van der Waals surface area (Å²) in [6, 6.07) is -0.823. The number of carbonyl (C=O) groups is 1. The highest BCUT2D eigenvalue weighted by Crippen LogP contribution is 2.07. The number of allylic oxidation sites excluding steroid dienone is 2. The Bertz CT molecular complexity index is 157. The van der Waals surface area contributed by atoms with Gasteiger partial charge >= 0.3 is 5.97 Å². The van der Waals surface area contributed by atoms with Crippen LogP contribution in [0.5, 0.6) is 0 Å². The third kappa shape index (κ3) is 3.57. The van der Waals surface area contributed by atoms with Gasteiger partial charge in [-0.2, -0.15) is 0 Å². The van der Waals surface area contributed by atoms with E-state index in [4.69, 9.17) is 10.8 Å². The van der Waals surface area contributed by atoms with Gasteiger partial charge in [0.2, 0.25) is 0 Å². The van der Waals surface area contributed by atoms with E-state index in [0.29, 0.717) is 6.42 Å². The number of carboxylic acid groups (broad SMARTS) is 1. The summed E-state index contributed by atoms with van der Waals surface area (Å²) >= 11 is 0. The zero-order valence-electron chi connectivity index (χ0n) is 6.36. The van der Waals surface area contributed by atoms with E-state index in [2.05, 4.69) is 13.2 Å². The molecule has 3 N–H and O–H groups in total. The van der Waals surface area contributed by atoms with Crippen LogP contribution in [0.25, 0.3) is 0 Å². The van der Waals surface area contributed by atoms with Crippen LogP contribution in [0.4, 0.5) is 0 Å². The topological polar surface area (TPSA) is 63.3 Å². The molecular formula is C8H13NO2. The van der Waals surface area contributed by atoms with Gasteiger partial charge in [-0.05, 0) is 12.3 Å². The van der Waals surface area contributed by atoms with Crippen molar-refractivity contribution in [1.29, 1.82) is 0 Å². The van der Waals surface area contributed by atoms with Crippen molar-refractivity contribution in [2.24, 2.45) is 11.7 Å². The smallest absolute Gasteiger partial charge is 0.320 e. The average Bonchev–Trinajstić information content (AvgIpc) is 1.99. The Morgan fingerprint density at radius 3 is 2.27 bits per heavy atom. The molecule has 0 aromatic carbocycles. The van der Waals surface area contributed by atoms with Crippen molar-refractivity contribution < 1.29 is 9.90 Å². The van der Waals surface area contributed by atoms with Gasteiger partial charge in [-0.15, -0.1) is 13.2 Å². The molecule has 0 aromatic rings. The minimum atomic E-state index is -0.987. The molecule has 0 radical (unpaired) electrons. The molecule has 1 atom stereocenters. The van der Waals surface area contributed by atoms with Gasteiger partial charge in [0.1, 0.15) is 6.04 Å². The van der Waals surface area contributed by atoms with E-state index in [1.165, 1.54) is 0 Å².